The average molecular weight is 411 g/mol. The Morgan fingerprint density at radius 1 is 1.41 bits per heavy atom. The number of primary amides is 1. The number of nitrogens with one attached hydrogen (secondary N) is 1. The van der Waals surface area contributed by atoms with Crippen LogP contribution < -0.4 is 11.1 Å². The molecule has 0 saturated heterocycles. The molecule has 0 heterocycles. The number of alkyl halides is 1. The van der Waals surface area contributed by atoms with Gasteiger partial charge < -0.3 is 11.1 Å². The molecule has 1 aromatic rings. The summed E-state index contributed by atoms with van der Waals surface area (Å²) in [7, 11) is 0. The smallest absolute Gasteiger partial charge is 0.250 e. The highest BCUT2D eigenvalue weighted by Gasteiger charge is 2.13. The lowest BCUT2D eigenvalue weighted by Gasteiger charge is -2.10. The maximum Gasteiger partial charge on any atom is 0.250 e. The number of hydrogen-bond acceptors (Lipinski definition) is 2. The Bertz CT molecular complexity index is 437. The van der Waals surface area contributed by atoms with Crippen LogP contribution in [0.1, 0.15) is 23.2 Å². The Balaban J connectivity index is 2.89. The molecule has 0 aliphatic rings. The number of rotatable bonds is 5. The average Bonchev–Trinajstić information content (AvgIpc) is 2.28. The molecule has 0 fully saturated rings. The lowest BCUT2D eigenvalue weighted by Crippen LogP contribution is -2.19. The summed E-state index contributed by atoms with van der Waals surface area (Å²) >= 11 is 5.32. The normalized spacial score (nSPS) is 10.0. The summed E-state index contributed by atoms with van der Waals surface area (Å²) in [6, 6.07) is 5.15. The molecule has 0 spiro atoms. The van der Waals surface area contributed by atoms with E-state index in [0.29, 0.717) is 17.7 Å². The Morgan fingerprint density at radius 2 is 2.12 bits per heavy atom. The lowest BCUT2D eigenvalue weighted by molar-refractivity contribution is -0.116. The number of hydrogen-bond donors (Lipinski definition) is 2. The number of halogens is 2. The van der Waals surface area contributed by atoms with Crippen LogP contribution in [0.3, 0.4) is 0 Å². The van der Waals surface area contributed by atoms with Crippen molar-refractivity contribution in [2.45, 2.75) is 12.8 Å². The summed E-state index contributed by atoms with van der Waals surface area (Å²) in [6.45, 7) is 0. The standard InChI is InChI=1S/C11H12BrIN2O2/c12-6-2-5-9(16)15-10-7(11(14)17)3-1-4-8(10)13/h1,3-4H,2,5-6H2,(H2,14,17)(H,15,16). The zero-order valence-electron chi connectivity index (χ0n) is 9.00. The molecule has 0 bridgehead atoms. The molecule has 0 saturated carbocycles. The third-order valence-electron chi connectivity index (χ3n) is 2.08. The molecule has 0 radical (unpaired) electrons. The first kappa shape index (κ1) is 14.4. The van der Waals surface area contributed by atoms with Crippen molar-refractivity contribution < 1.29 is 9.59 Å². The van der Waals surface area contributed by atoms with E-state index in [1.165, 1.54) is 0 Å². The van der Waals surface area contributed by atoms with E-state index in [0.717, 1.165) is 15.3 Å². The molecule has 6 heteroatoms. The number of para-hydroxylation sites is 1. The van der Waals surface area contributed by atoms with E-state index >= 15 is 0 Å². The minimum Gasteiger partial charge on any atom is -0.366 e. The highest BCUT2D eigenvalue weighted by atomic mass is 127. The molecule has 0 aliphatic heterocycles. The van der Waals surface area contributed by atoms with Crippen LogP contribution in [-0.2, 0) is 4.79 Å². The van der Waals surface area contributed by atoms with Gasteiger partial charge in [0.1, 0.15) is 0 Å². The maximum atomic E-state index is 11.6. The van der Waals surface area contributed by atoms with Gasteiger partial charge in [0.2, 0.25) is 5.91 Å². The fraction of sp³-hybridized carbons (Fsp3) is 0.273. The van der Waals surface area contributed by atoms with Crippen molar-refractivity contribution in [3.8, 4) is 0 Å². The fourth-order valence-electron chi connectivity index (χ4n) is 1.29. The summed E-state index contributed by atoms with van der Waals surface area (Å²) in [5, 5.41) is 3.50. The first-order valence-corrected chi connectivity index (χ1v) is 7.20. The Hall–Kier alpha value is -0.630. The number of amides is 2. The minimum absolute atomic E-state index is 0.115. The van der Waals surface area contributed by atoms with Crippen LogP contribution in [0, 0.1) is 3.57 Å². The number of benzene rings is 1. The third kappa shape index (κ3) is 4.27. The molecule has 2 amide bonds. The van der Waals surface area contributed by atoms with Gasteiger partial charge in [-0.15, -0.1) is 0 Å². The molecule has 0 aromatic heterocycles. The molecule has 17 heavy (non-hydrogen) atoms. The van der Waals surface area contributed by atoms with Gasteiger partial charge in [-0.25, -0.2) is 0 Å². The van der Waals surface area contributed by atoms with Crippen molar-refractivity contribution in [2.24, 2.45) is 5.73 Å². The zero-order chi connectivity index (χ0) is 12.8. The van der Waals surface area contributed by atoms with Crippen molar-refractivity contribution in [1.82, 2.24) is 0 Å². The summed E-state index contributed by atoms with van der Waals surface area (Å²) in [5.74, 6) is -0.657. The molecule has 1 rings (SSSR count). The molecular formula is C11H12BrIN2O2. The molecule has 4 nitrogen and oxygen atoms in total. The minimum atomic E-state index is -0.542. The fourth-order valence-corrected chi connectivity index (χ4v) is 2.20. The predicted octanol–water partition coefficient (Wildman–Crippen LogP) is 2.50. The third-order valence-corrected chi connectivity index (χ3v) is 3.54. The number of anilines is 1. The zero-order valence-corrected chi connectivity index (χ0v) is 12.7. The van der Waals surface area contributed by atoms with Gasteiger partial charge in [-0.05, 0) is 41.1 Å². The van der Waals surface area contributed by atoms with Crippen LogP contribution >= 0.6 is 38.5 Å². The van der Waals surface area contributed by atoms with Crippen molar-refractivity contribution in [1.29, 1.82) is 0 Å². The van der Waals surface area contributed by atoms with Crippen molar-refractivity contribution >= 4 is 56.0 Å². The Kier molecular flexibility index (Phi) is 5.90. The van der Waals surface area contributed by atoms with E-state index in [2.05, 4.69) is 43.8 Å². The van der Waals surface area contributed by atoms with Crippen LogP contribution in [0.4, 0.5) is 5.69 Å². The van der Waals surface area contributed by atoms with Crippen LogP contribution in [0.15, 0.2) is 18.2 Å². The molecule has 92 valence electrons. The summed E-state index contributed by atoms with van der Waals surface area (Å²) in [6.07, 6.45) is 1.16. The predicted molar refractivity (Wildman–Crippen MR) is 79.3 cm³/mol. The number of nitrogens with two attached hydrogens (primary N) is 1. The van der Waals surface area contributed by atoms with E-state index in [4.69, 9.17) is 5.73 Å². The second-order valence-corrected chi connectivity index (χ2v) is 5.32. The molecule has 0 aliphatic carbocycles. The second-order valence-electron chi connectivity index (χ2n) is 3.37. The highest BCUT2D eigenvalue weighted by Crippen LogP contribution is 2.23. The van der Waals surface area contributed by atoms with Crippen molar-refractivity contribution in [3.05, 3.63) is 27.3 Å². The van der Waals surface area contributed by atoms with Gasteiger partial charge in [-0.3, -0.25) is 9.59 Å². The van der Waals surface area contributed by atoms with E-state index in [1.807, 2.05) is 6.07 Å². The highest BCUT2D eigenvalue weighted by molar-refractivity contribution is 14.1. The van der Waals surface area contributed by atoms with Gasteiger partial charge in [0.15, 0.2) is 0 Å². The number of carbonyl (C=O) groups excluding carboxylic acids is 2. The first-order valence-electron chi connectivity index (χ1n) is 5.00. The summed E-state index contributed by atoms with van der Waals surface area (Å²) in [4.78, 5) is 22.8. The van der Waals surface area contributed by atoms with E-state index in [9.17, 15) is 9.59 Å². The number of carbonyl (C=O) groups is 2. The molecule has 0 atom stereocenters. The van der Waals surface area contributed by atoms with Crippen molar-refractivity contribution in [3.63, 3.8) is 0 Å². The largest absolute Gasteiger partial charge is 0.366 e. The van der Waals surface area contributed by atoms with Gasteiger partial charge in [0.05, 0.1) is 11.3 Å². The van der Waals surface area contributed by atoms with E-state index in [1.54, 1.807) is 12.1 Å². The SMILES string of the molecule is NC(=O)c1cccc(I)c1NC(=O)CCCBr. The Morgan fingerprint density at radius 3 is 2.71 bits per heavy atom. The van der Waals surface area contributed by atoms with Gasteiger partial charge in [-0.2, -0.15) is 0 Å². The molecular weight excluding hydrogens is 399 g/mol. The van der Waals surface area contributed by atoms with Crippen LogP contribution in [0.5, 0.6) is 0 Å². The maximum absolute atomic E-state index is 11.6. The van der Waals surface area contributed by atoms with Gasteiger partial charge >= 0.3 is 0 Å². The van der Waals surface area contributed by atoms with Crippen molar-refractivity contribution in [2.75, 3.05) is 10.6 Å². The van der Waals surface area contributed by atoms with Gasteiger partial charge in [0.25, 0.3) is 5.91 Å². The van der Waals surface area contributed by atoms with E-state index < -0.39 is 5.91 Å². The quantitative estimate of drug-likeness (QED) is 0.578. The van der Waals surface area contributed by atoms with Crippen LogP contribution in [0.2, 0.25) is 0 Å². The molecule has 0 unspecified atom stereocenters. The topological polar surface area (TPSA) is 72.2 Å². The summed E-state index contributed by atoms with van der Waals surface area (Å²) < 4.78 is 0.797. The molecule has 3 N–H and O–H groups in total. The second kappa shape index (κ2) is 6.95. The van der Waals surface area contributed by atoms with Crippen LogP contribution in [0.25, 0.3) is 0 Å². The molecule has 1 aromatic carbocycles. The van der Waals surface area contributed by atoms with Crippen LogP contribution in [-0.4, -0.2) is 17.1 Å². The van der Waals surface area contributed by atoms with Gasteiger partial charge in [0, 0.05) is 15.3 Å². The Labute approximate surface area is 122 Å². The summed E-state index contributed by atoms with van der Waals surface area (Å²) in [5.41, 5.74) is 6.10. The lowest BCUT2D eigenvalue weighted by atomic mass is 10.1. The van der Waals surface area contributed by atoms with E-state index in [-0.39, 0.29) is 5.91 Å². The first-order chi connectivity index (χ1) is 8.06. The monoisotopic (exact) mass is 410 g/mol. The van der Waals surface area contributed by atoms with Gasteiger partial charge in [-0.1, -0.05) is 22.0 Å².